The van der Waals surface area contributed by atoms with Gasteiger partial charge < -0.3 is 10.5 Å². The number of hydrogen-bond donors (Lipinski definition) is 1. The summed E-state index contributed by atoms with van der Waals surface area (Å²) in [4.78, 5) is 0. The van der Waals surface area contributed by atoms with Gasteiger partial charge in [0, 0.05) is 13.7 Å². The molecule has 12 heavy (non-hydrogen) atoms. The number of rotatable bonds is 2. The van der Waals surface area contributed by atoms with E-state index in [1.165, 1.54) is 12.8 Å². The Morgan fingerprint density at radius 3 is 2.00 bits per heavy atom. The predicted molar refractivity (Wildman–Crippen MR) is 51.0 cm³/mol. The molecule has 0 spiro atoms. The van der Waals surface area contributed by atoms with Gasteiger partial charge in [0.15, 0.2) is 0 Å². The van der Waals surface area contributed by atoms with E-state index in [1.807, 2.05) is 0 Å². The maximum absolute atomic E-state index is 5.71. The Hall–Kier alpha value is -0.0800. The van der Waals surface area contributed by atoms with Gasteiger partial charge in [0.25, 0.3) is 0 Å². The van der Waals surface area contributed by atoms with Gasteiger partial charge in [-0.1, -0.05) is 13.8 Å². The summed E-state index contributed by atoms with van der Waals surface area (Å²) in [6.07, 6.45) is 4.70. The fourth-order valence-electron chi connectivity index (χ4n) is 1.87. The second kappa shape index (κ2) is 3.35. The van der Waals surface area contributed by atoms with E-state index in [4.69, 9.17) is 10.5 Å². The van der Waals surface area contributed by atoms with Crippen molar-refractivity contribution in [2.24, 2.45) is 11.1 Å². The Morgan fingerprint density at radius 1 is 1.17 bits per heavy atom. The van der Waals surface area contributed by atoms with Gasteiger partial charge in [-0.25, -0.2) is 0 Å². The molecule has 0 unspecified atom stereocenters. The van der Waals surface area contributed by atoms with Crippen LogP contribution >= 0.6 is 0 Å². The molecule has 1 saturated carbocycles. The molecule has 0 aliphatic heterocycles. The Labute approximate surface area is 75.5 Å². The minimum absolute atomic E-state index is 0.00444. The molecule has 0 radical (unpaired) electrons. The first-order chi connectivity index (χ1) is 5.54. The third kappa shape index (κ3) is 1.99. The van der Waals surface area contributed by atoms with Gasteiger partial charge in [0.2, 0.25) is 0 Å². The number of methoxy groups -OCH3 is 1. The van der Waals surface area contributed by atoms with Gasteiger partial charge in [-0.3, -0.25) is 0 Å². The second-order valence-corrected chi connectivity index (χ2v) is 4.76. The van der Waals surface area contributed by atoms with Crippen molar-refractivity contribution in [3.05, 3.63) is 0 Å². The summed E-state index contributed by atoms with van der Waals surface area (Å²) < 4.78 is 5.50. The molecule has 2 nitrogen and oxygen atoms in total. The molecule has 0 aromatic heterocycles. The zero-order valence-corrected chi connectivity index (χ0v) is 8.52. The van der Waals surface area contributed by atoms with Crippen LogP contribution in [0.5, 0.6) is 0 Å². The molecular weight excluding hydrogens is 150 g/mol. The topological polar surface area (TPSA) is 35.2 Å². The lowest BCUT2D eigenvalue weighted by atomic mass is 9.71. The molecule has 0 saturated heterocycles. The summed E-state index contributed by atoms with van der Waals surface area (Å²) in [5.41, 5.74) is 6.21. The van der Waals surface area contributed by atoms with Crippen LogP contribution in [0.3, 0.4) is 0 Å². The molecule has 0 heterocycles. The Balaban J connectivity index is 2.53. The van der Waals surface area contributed by atoms with E-state index in [2.05, 4.69) is 13.8 Å². The quantitative estimate of drug-likeness (QED) is 0.689. The molecule has 2 heteroatoms. The summed E-state index contributed by atoms with van der Waals surface area (Å²) in [5.74, 6) is 0. The lowest BCUT2D eigenvalue weighted by Gasteiger charge is -2.42. The molecule has 1 aliphatic rings. The van der Waals surface area contributed by atoms with Crippen molar-refractivity contribution in [1.29, 1.82) is 0 Å². The normalized spacial score (nSPS) is 27.0. The largest absolute Gasteiger partial charge is 0.377 e. The average molecular weight is 171 g/mol. The number of hydrogen-bond acceptors (Lipinski definition) is 2. The first-order valence-corrected chi connectivity index (χ1v) is 4.79. The molecule has 72 valence electrons. The Kier molecular flexibility index (Phi) is 2.79. The summed E-state index contributed by atoms with van der Waals surface area (Å²) in [7, 11) is 1.78. The minimum atomic E-state index is -0.00444. The summed E-state index contributed by atoms with van der Waals surface area (Å²) in [6, 6.07) is 0. The molecule has 0 atom stereocenters. The first-order valence-electron chi connectivity index (χ1n) is 4.79. The van der Waals surface area contributed by atoms with Crippen molar-refractivity contribution < 1.29 is 4.74 Å². The monoisotopic (exact) mass is 171 g/mol. The number of ether oxygens (including phenoxy) is 1. The summed E-state index contributed by atoms with van der Waals surface area (Å²) in [5, 5.41) is 0. The SMILES string of the molecule is COC1(CN)CCC(C)(C)CC1. The Bertz CT molecular complexity index is 138. The molecule has 0 amide bonds. The first kappa shape index (κ1) is 10.0. The molecule has 0 aromatic carbocycles. The van der Waals surface area contributed by atoms with Gasteiger partial charge in [0.05, 0.1) is 5.60 Å². The maximum atomic E-state index is 5.71. The molecule has 1 aliphatic carbocycles. The fourth-order valence-corrected chi connectivity index (χ4v) is 1.87. The van der Waals surface area contributed by atoms with E-state index in [1.54, 1.807) is 7.11 Å². The lowest BCUT2D eigenvalue weighted by Crippen LogP contribution is -2.44. The molecule has 0 bridgehead atoms. The Morgan fingerprint density at radius 2 is 1.67 bits per heavy atom. The third-order valence-electron chi connectivity index (χ3n) is 3.32. The average Bonchev–Trinajstić information content (AvgIpc) is 2.06. The van der Waals surface area contributed by atoms with Crippen molar-refractivity contribution in [3.8, 4) is 0 Å². The zero-order valence-electron chi connectivity index (χ0n) is 8.52. The van der Waals surface area contributed by atoms with E-state index in [-0.39, 0.29) is 5.60 Å². The fraction of sp³-hybridized carbons (Fsp3) is 1.00. The lowest BCUT2D eigenvalue weighted by molar-refractivity contribution is -0.0538. The minimum Gasteiger partial charge on any atom is -0.377 e. The second-order valence-electron chi connectivity index (χ2n) is 4.76. The predicted octanol–water partition coefficient (Wildman–Crippen LogP) is 1.93. The highest BCUT2D eigenvalue weighted by Crippen LogP contribution is 2.41. The van der Waals surface area contributed by atoms with Crippen molar-refractivity contribution in [2.45, 2.75) is 45.1 Å². The highest BCUT2D eigenvalue weighted by atomic mass is 16.5. The van der Waals surface area contributed by atoms with Gasteiger partial charge >= 0.3 is 0 Å². The van der Waals surface area contributed by atoms with Crippen molar-refractivity contribution in [3.63, 3.8) is 0 Å². The van der Waals surface area contributed by atoms with Crippen molar-refractivity contribution in [2.75, 3.05) is 13.7 Å². The van der Waals surface area contributed by atoms with Crippen molar-refractivity contribution in [1.82, 2.24) is 0 Å². The van der Waals surface area contributed by atoms with Crippen LogP contribution in [0.25, 0.3) is 0 Å². The van der Waals surface area contributed by atoms with Gasteiger partial charge in [-0.15, -0.1) is 0 Å². The van der Waals surface area contributed by atoms with Crippen LogP contribution in [0.15, 0.2) is 0 Å². The summed E-state index contributed by atoms with van der Waals surface area (Å²) >= 11 is 0. The third-order valence-corrected chi connectivity index (χ3v) is 3.32. The number of nitrogens with two attached hydrogens (primary N) is 1. The smallest absolute Gasteiger partial charge is 0.0800 e. The van der Waals surface area contributed by atoms with Crippen LogP contribution in [0.1, 0.15) is 39.5 Å². The van der Waals surface area contributed by atoms with E-state index in [0.717, 1.165) is 12.8 Å². The van der Waals surface area contributed by atoms with Gasteiger partial charge in [0.1, 0.15) is 0 Å². The molecule has 1 rings (SSSR count). The van der Waals surface area contributed by atoms with E-state index >= 15 is 0 Å². The van der Waals surface area contributed by atoms with E-state index in [0.29, 0.717) is 12.0 Å². The van der Waals surface area contributed by atoms with Crippen molar-refractivity contribution >= 4 is 0 Å². The molecular formula is C10H21NO. The van der Waals surface area contributed by atoms with Crippen LogP contribution < -0.4 is 5.73 Å². The van der Waals surface area contributed by atoms with Crippen LogP contribution in [-0.2, 0) is 4.74 Å². The van der Waals surface area contributed by atoms with E-state index < -0.39 is 0 Å². The van der Waals surface area contributed by atoms with Gasteiger partial charge in [-0.2, -0.15) is 0 Å². The van der Waals surface area contributed by atoms with Crippen LogP contribution in [0.2, 0.25) is 0 Å². The van der Waals surface area contributed by atoms with Crippen LogP contribution in [-0.4, -0.2) is 19.3 Å². The highest BCUT2D eigenvalue weighted by Gasteiger charge is 2.37. The zero-order chi connectivity index (χ0) is 9.24. The van der Waals surface area contributed by atoms with Gasteiger partial charge in [-0.05, 0) is 31.1 Å². The highest BCUT2D eigenvalue weighted by molar-refractivity contribution is 4.90. The van der Waals surface area contributed by atoms with Crippen LogP contribution in [0, 0.1) is 5.41 Å². The maximum Gasteiger partial charge on any atom is 0.0800 e. The molecule has 0 aromatic rings. The van der Waals surface area contributed by atoms with Crippen LogP contribution in [0.4, 0.5) is 0 Å². The standard InChI is InChI=1S/C10H21NO/c1-9(2)4-6-10(8-11,12-3)7-5-9/h4-8,11H2,1-3H3. The summed E-state index contributed by atoms with van der Waals surface area (Å²) in [6.45, 7) is 5.31. The van der Waals surface area contributed by atoms with E-state index in [9.17, 15) is 0 Å². The molecule has 2 N–H and O–H groups in total. The molecule has 1 fully saturated rings.